The molecule has 0 atom stereocenters. The number of hydrogen-bond donors (Lipinski definition) is 1. The minimum absolute atomic E-state index is 0.0436. The molecular weight excluding hydrogens is 372 g/mol. The van der Waals surface area contributed by atoms with Gasteiger partial charge in [0.1, 0.15) is 6.61 Å². The Morgan fingerprint density at radius 1 is 1.15 bits per heavy atom. The number of hydrogen-bond acceptors (Lipinski definition) is 6. The molecular formula is C19H23ClN2O5. The lowest BCUT2D eigenvalue weighted by Crippen LogP contribution is -2.18. The fourth-order valence-electron chi connectivity index (χ4n) is 2.37. The van der Waals surface area contributed by atoms with Crippen molar-refractivity contribution < 1.29 is 19.1 Å². The molecule has 2 aromatic rings. The van der Waals surface area contributed by atoms with E-state index in [2.05, 4.69) is 5.32 Å². The standard InChI is InChI=1S/C19H23ClN2O5/c1-3-26-18-10-15(12-21-8-9-25-2)17(20)11-19(18)27-13-14-4-6-16(7-5-14)22(23)24/h4-7,10-11,21H,3,8-9,12-13H2,1-2H3. The number of non-ortho nitro benzene ring substituents is 1. The lowest BCUT2D eigenvalue weighted by atomic mass is 10.2. The lowest BCUT2D eigenvalue weighted by molar-refractivity contribution is -0.384. The third-order valence-corrected chi connectivity index (χ3v) is 4.10. The van der Waals surface area contributed by atoms with Crippen LogP contribution < -0.4 is 14.8 Å². The lowest BCUT2D eigenvalue weighted by Gasteiger charge is -2.15. The van der Waals surface area contributed by atoms with Gasteiger partial charge in [0, 0.05) is 43.4 Å². The Morgan fingerprint density at radius 3 is 2.48 bits per heavy atom. The first-order valence-electron chi connectivity index (χ1n) is 8.56. The molecule has 0 aromatic heterocycles. The molecule has 7 nitrogen and oxygen atoms in total. The zero-order valence-corrected chi connectivity index (χ0v) is 16.1. The van der Waals surface area contributed by atoms with Gasteiger partial charge in [-0.2, -0.15) is 0 Å². The summed E-state index contributed by atoms with van der Waals surface area (Å²) in [4.78, 5) is 10.3. The number of nitro benzene ring substituents is 1. The Morgan fingerprint density at radius 2 is 1.85 bits per heavy atom. The van der Waals surface area contributed by atoms with Crippen molar-refractivity contribution in [3.05, 3.63) is 62.7 Å². The summed E-state index contributed by atoms with van der Waals surface area (Å²) in [6.07, 6.45) is 0. The fourth-order valence-corrected chi connectivity index (χ4v) is 2.59. The molecule has 2 aromatic carbocycles. The quantitative estimate of drug-likeness (QED) is 0.353. The first-order valence-corrected chi connectivity index (χ1v) is 8.94. The summed E-state index contributed by atoms with van der Waals surface area (Å²) in [5, 5.41) is 14.5. The Kier molecular flexibility index (Phi) is 8.32. The van der Waals surface area contributed by atoms with Gasteiger partial charge in [-0.3, -0.25) is 10.1 Å². The van der Waals surface area contributed by atoms with Crippen LogP contribution in [0.25, 0.3) is 0 Å². The van der Waals surface area contributed by atoms with Crippen LogP contribution in [-0.4, -0.2) is 31.8 Å². The van der Waals surface area contributed by atoms with Crippen LogP contribution in [-0.2, 0) is 17.9 Å². The van der Waals surface area contributed by atoms with E-state index in [1.165, 1.54) is 12.1 Å². The second-order valence-electron chi connectivity index (χ2n) is 5.71. The van der Waals surface area contributed by atoms with Crippen molar-refractivity contribution in [3.63, 3.8) is 0 Å². The average Bonchev–Trinajstić information content (AvgIpc) is 2.66. The topological polar surface area (TPSA) is 82.9 Å². The fraction of sp³-hybridized carbons (Fsp3) is 0.368. The molecule has 0 saturated carbocycles. The smallest absolute Gasteiger partial charge is 0.269 e. The summed E-state index contributed by atoms with van der Waals surface area (Å²) >= 11 is 6.37. The molecule has 0 aliphatic heterocycles. The summed E-state index contributed by atoms with van der Waals surface area (Å²) in [7, 11) is 1.65. The number of nitrogens with zero attached hydrogens (tertiary/aromatic N) is 1. The van der Waals surface area contributed by atoms with Crippen LogP contribution in [0.1, 0.15) is 18.1 Å². The number of nitro groups is 1. The van der Waals surface area contributed by atoms with Crippen LogP contribution in [0.5, 0.6) is 11.5 Å². The monoisotopic (exact) mass is 394 g/mol. The van der Waals surface area contributed by atoms with Gasteiger partial charge in [0.15, 0.2) is 11.5 Å². The largest absolute Gasteiger partial charge is 0.490 e. The summed E-state index contributed by atoms with van der Waals surface area (Å²) in [6, 6.07) is 9.80. The van der Waals surface area contributed by atoms with Crippen molar-refractivity contribution in [1.29, 1.82) is 0 Å². The third kappa shape index (κ3) is 6.39. The molecule has 0 radical (unpaired) electrons. The van der Waals surface area contributed by atoms with Crippen LogP contribution in [0.15, 0.2) is 36.4 Å². The highest BCUT2D eigenvalue weighted by atomic mass is 35.5. The van der Waals surface area contributed by atoms with E-state index in [0.717, 1.165) is 17.7 Å². The van der Waals surface area contributed by atoms with Gasteiger partial charge in [-0.05, 0) is 36.2 Å². The number of ether oxygens (including phenoxy) is 3. The van der Waals surface area contributed by atoms with E-state index in [-0.39, 0.29) is 12.3 Å². The van der Waals surface area contributed by atoms with E-state index in [1.54, 1.807) is 25.3 Å². The van der Waals surface area contributed by atoms with Crippen molar-refractivity contribution in [2.45, 2.75) is 20.1 Å². The van der Waals surface area contributed by atoms with Crippen molar-refractivity contribution in [2.24, 2.45) is 0 Å². The molecule has 0 spiro atoms. The van der Waals surface area contributed by atoms with Gasteiger partial charge in [0.2, 0.25) is 0 Å². The first kappa shape index (κ1) is 21.0. The minimum atomic E-state index is -0.434. The minimum Gasteiger partial charge on any atom is -0.490 e. The molecule has 1 N–H and O–H groups in total. The molecule has 0 fully saturated rings. The molecule has 0 unspecified atom stereocenters. The highest BCUT2D eigenvalue weighted by Gasteiger charge is 2.12. The number of nitrogens with one attached hydrogen (secondary N) is 1. The van der Waals surface area contributed by atoms with Gasteiger partial charge in [-0.1, -0.05) is 11.6 Å². The van der Waals surface area contributed by atoms with Gasteiger partial charge in [0.25, 0.3) is 5.69 Å². The van der Waals surface area contributed by atoms with Gasteiger partial charge in [-0.15, -0.1) is 0 Å². The van der Waals surface area contributed by atoms with Crippen LogP contribution in [0.2, 0.25) is 5.02 Å². The van der Waals surface area contributed by atoms with Gasteiger partial charge in [-0.25, -0.2) is 0 Å². The summed E-state index contributed by atoms with van der Waals surface area (Å²) in [6.45, 7) is 4.56. The maximum Gasteiger partial charge on any atom is 0.269 e. The van der Waals surface area contributed by atoms with Crippen LogP contribution >= 0.6 is 11.6 Å². The maximum atomic E-state index is 10.7. The van der Waals surface area contributed by atoms with E-state index < -0.39 is 4.92 Å². The molecule has 146 valence electrons. The number of rotatable bonds is 11. The van der Waals surface area contributed by atoms with E-state index in [9.17, 15) is 10.1 Å². The molecule has 27 heavy (non-hydrogen) atoms. The average molecular weight is 395 g/mol. The van der Waals surface area contributed by atoms with E-state index in [4.69, 9.17) is 25.8 Å². The predicted molar refractivity (Wildman–Crippen MR) is 104 cm³/mol. The summed E-state index contributed by atoms with van der Waals surface area (Å²) < 4.78 is 16.5. The molecule has 0 aliphatic rings. The second-order valence-corrected chi connectivity index (χ2v) is 6.11. The second kappa shape index (κ2) is 10.7. The number of methoxy groups -OCH3 is 1. The van der Waals surface area contributed by atoms with Crippen LogP contribution in [0.3, 0.4) is 0 Å². The molecule has 8 heteroatoms. The molecule has 0 heterocycles. The SMILES string of the molecule is CCOc1cc(CNCCOC)c(Cl)cc1OCc1ccc([N+](=O)[O-])cc1. The van der Waals surface area contributed by atoms with Crippen molar-refractivity contribution >= 4 is 17.3 Å². The Hall–Kier alpha value is -2.35. The summed E-state index contributed by atoms with van der Waals surface area (Å²) in [5.41, 5.74) is 1.76. The van der Waals surface area contributed by atoms with E-state index in [0.29, 0.717) is 36.3 Å². The van der Waals surface area contributed by atoms with Crippen molar-refractivity contribution in [2.75, 3.05) is 26.9 Å². The molecule has 2 rings (SSSR count). The highest BCUT2D eigenvalue weighted by molar-refractivity contribution is 6.31. The van der Waals surface area contributed by atoms with E-state index >= 15 is 0 Å². The Bertz CT molecular complexity index is 753. The Balaban J connectivity index is 2.07. The zero-order chi connectivity index (χ0) is 19.6. The highest BCUT2D eigenvalue weighted by Crippen LogP contribution is 2.34. The van der Waals surface area contributed by atoms with Crippen LogP contribution in [0.4, 0.5) is 5.69 Å². The molecule has 0 bridgehead atoms. The van der Waals surface area contributed by atoms with Gasteiger partial charge in [0.05, 0.1) is 18.1 Å². The third-order valence-electron chi connectivity index (χ3n) is 3.75. The van der Waals surface area contributed by atoms with Crippen molar-refractivity contribution in [1.82, 2.24) is 5.32 Å². The predicted octanol–water partition coefficient (Wildman–Crippen LogP) is 3.96. The first-order chi connectivity index (χ1) is 13.0. The van der Waals surface area contributed by atoms with Crippen molar-refractivity contribution in [3.8, 4) is 11.5 Å². The Labute approximate surface area is 163 Å². The van der Waals surface area contributed by atoms with Gasteiger partial charge >= 0.3 is 0 Å². The maximum absolute atomic E-state index is 10.7. The number of halogens is 1. The normalized spacial score (nSPS) is 10.6. The van der Waals surface area contributed by atoms with E-state index in [1.807, 2.05) is 13.0 Å². The zero-order valence-electron chi connectivity index (χ0n) is 15.4. The number of benzene rings is 2. The molecule has 0 amide bonds. The molecule has 0 aliphatic carbocycles. The molecule has 0 saturated heterocycles. The summed E-state index contributed by atoms with van der Waals surface area (Å²) in [5.74, 6) is 1.13. The van der Waals surface area contributed by atoms with Crippen LogP contribution in [0, 0.1) is 10.1 Å². The van der Waals surface area contributed by atoms with Gasteiger partial charge < -0.3 is 19.5 Å².